The van der Waals surface area contributed by atoms with Crippen molar-refractivity contribution in [3.8, 4) is 6.07 Å². The standard InChI is InChI=1S/C9H9BFN5O2/c11-5-1-2-7(6(3-5)10(17)18)15-16-8(4-12)9(13)14/h1-3,15,17-18H,(H3,13,14)/b16-8+. The Morgan fingerprint density at radius 1 is 1.56 bits per heavy atom. The first-order valence-electron chi connectivity index (χ1n) is 4.69. The van der Waals surface area contributed by atoms with E-state index in [-0.39, 0.29) is 16.9 Å². The van der Waals surface area contributed by atoms with Crippen molar-refractivity contribution in [2.75, 3.05) is 5.43 Å². The monoisotopic (exact) mass is 249 g/mol. The van der Waals surface area contributed by atoms with Crippen LogP contribution in [-0.2, 0) is 0 Å². The van der Waals surface area contributed by atoms with Crippen molar-refractivity contribution in [3.05, 3.63) is 24.0 Å². The number of rotatable bonds is 4. The largest absolute Gasteiger partial charge is 0.490 e. The number of hydrogen-bond donors (Lipinski definition) is 5. The topological polar surface area (TPSA) is 139 Å². The van der Waals surface area contributed by atoms with E-state index in [1.807, 2.05) is 0 Å². The van der Waals surface area contributed by atoms with Gasteiger partial charge in [-0.25, -0.2) is 4.39 Å². The quantitative estimate of drug-likeness (QED) is 0.196. The number of nitrogens with one attached hydrogen (secondary N) is 2. The minimum absolute atomic E-state index is 0.0837. The maximum Gasteiger partial charge on any atom is 0.490 e. The fourth-order valence-electron chi connectivity index (χ4n) is 1.11. The zero-order valence-electron chi connectivity index (χ0n) is 9.05. The van der Waals surface area contributed by atoms with E-state index in [0.29, 0.717) is 0 Å². The number of hydrogen-bond acceptors (Lipinski definition) is 6. The number of benzene rings is 1. The lowest BCUT2D eigenvalue weighted by molar-refractivity contribution is 0.425. The summed E-state index contributed by atoms with van der Waals surface area (Å²) < 4.78 is 12.9. The normalized spacial score (nSPS) is 10.7. The Labute approximate surface area is 102 Å². The molecule has 0 aromatic heterocycles. The predicted octanol–water partition coefficient (Wildman–Crippen LogP) is -1.27. The molecule has 1 aromatic rings. The molecule has 7 nitrogen and oxygen atoms in total. The van der Waals surface area contributed by atoms with E-state index in [4.69, 9.17) is 26.5 Å². The highest BCUT2D eigenvalue weighted by Crippen LogP contribution is 2.07. The zero-order chi connectivity index (χ0) is 13.7. The summed E-state index contributed by atoms with van der Waals surface area (Å²) in [6.45, 7) is 0. The van der Waals surface area contributed by atoms with Gasteiger partial charge in [-0.2, -0.15) is 10.4 Å². The minimum atomic E-state index is -1.90. The molecule has 0 aliphatic rings. The van der Waals surface area contributed by atoms with E-state index in [1.165, 1.54) is 6.07 Å². The highest BCUT2D eigenvalue weighted by molar-refractivity contribution is 6.60. The smallest absolute Gasteiger partial charge is 0.423 e. The first-order chi connectivity index (χ1) is 8.45. The Kier molecular flexibility index (Phi) is 4.36. The van der Waals surface area contributed by atoms with Crippen LogP contribution in [0.1, 0.15) is 0 Å². The summed E-state index contributed by atoms with van der Waals surface area (Å²) in [6, 6.07) is 4.76. The second-order valence-corrected chi connectivity index (χ2v) is 3.20. The van der Waals surface area contributed by atoms with Crippen molar-refractivity contribution in [2.24, 2.45) is 10.8 Å². The number of nitriles is 1. The van der Waals surface area contributed by atoms with Crippen LogP contribution in [0.4, 0.5) is 10.1 Å². The summed E-state index contributed by atoms with van der Waals surface area (Å²) in [4.78, 5) is 0. The maximum atomic E-state index is 12.9. The molecule has 0 spiro atoms. The molecule has 0 radical (unpaired) electrons. The number of amidine groups is 1. The molecular weight excluding hydrogens is 240 g/mol. The van der Waals surface area contributed by atoms with Crippen LogP contribution in [0, 0.1) is 22.6 Å². The van der Waals surface area contributed by atoms with E-state index in [9.17, 15) is 4.39 Å². The number of anilines is 1. The molecule has 1 aromatic carbocycles. The first kappa shape index (κ1) is 13.6. The molecule has 1 rings (SSSR count). The molecule has 0 saturated carbocycles. The van der Waals surface area contributed by atoms with E-state index in [1.54, 1.807) is 6.07 Å². The van der Waals surface area contributed by atoms with E-state index in [0.717, 1.165) is 12.1 Å². The molecule has 18 heavy (non-hydrogen) atoms. The average molecular weight is 249 g/mol. The highest BCUT2D eigenvalue weighted by Gasteiger charge is 2.17. The zero-order valence-corrected chi connectivity index (χ0v) is 9.05. The van der Waals surface area contributed by atoms with Gasteiger partial charge in [-0.05, 0) is 18.2 Å². The third kappa shape index (κ3) is 3.28. The number of nitrogens with two attached hydrogens (primary N) is 1. The Bertz CT molecular complexity index is 540. The highest BCUT2D eigenvalue weighted by atomic mass is 19.1. The van der Waals surface area contributed by atoms with Crippen LogP contribution < -0.4 is 16.6 Å². The van der Waals surface area contributed by atoms with Crippen molar-refractivity contribution in [2.45, 2.75) is 0 Å². The fraction of sp³-hybridized carbons (Fsp3) is 0. The predicted molar refractivity (Wildman–Crippen MR) is 64.8 cm³/mol. The van der Waals surface area contributed by atoms with Crippen molar-refractivity contribution in [3.63, 3.8) is 0 Å². The summed E-state index contributed by atoms with van der Waals surface area (Å²) in [6.07, 6.45) is 0. The Morgan fingerprint density at radius 3 is 2.72 bits per heavy atom. The third-order valence-corrected chi connectivity index (χ3v) is 1.94. The molecule has 0 fully saturated rings. The van der Waals surface area contributed by atoms with Gasteiger partial charge in [0.1, 0.15) is 11.9 Å². The summed E-state index contributed by atoms with van der Waals surface area (Å²) in [7, 11) is -1.90. The average Bonchev–Trinajstić information content (AvgIpc) is 2.30. The van der Waals surface area contributed by atoms with E-state index in [2.05, 4.69) is 10.5 Å². The van der Waals surface area contributed by atoms with Gasteiger partial charge in [0, 0.05) is 5.46 Å². The lowest BCUT2D eigenvalue weighted by atomic mass is 9.79. The second-order valence-electron chi connectivity index (χ2n) is 3.20. The molecule has 0 aliphatic heterocycles. The second kappa shape index (κ2) is 5.76. The fourth-order valence-corrected chi connectivity index (χ4v) is 1.11. The summed E-state index contributed by atoms with van der Waals surface area (Å²) in [5, 5.41) is 37.2. The number of hydrazone groups is 1. The lowest BCUT2D eigenvalue weighted by Crippen LogP contribution is -2.32. The van der Waals surface area contributed by atoms with Gasteiger partial charge < -0.3 is 15.8 Å². The van der Waals surface area contributed by atoms with Gasteiger partial charge in [0.15, 0.2) is 5.84 Å². The summed E-state index contributed by atoms with van der Waals surface area (Å²) in [5.74, 6) is -1.20. The maximum absolute atomic E-state index is 12.9. The van der Waals surface area contributed by atoms with Gasteiger partial charge >= 0.3 is 7.12 Å². The first-order valence-corrected chi connectivity index (χ1v) is 4.69. The van der Waals surface area contributed by atoms with Crippen LogP contribution in [0.15, 0.2) is 23.3 Å². The van der Waals surface area contributed by atoms with E-state index >= 15 is 0 Å². The van der Waals surface area contributed by atoms with Crippen LogP contribution in [0.3, 0.4) is 0 Å². The van der Waals surface area contributed by atoms with Crippen molar-refractivity contribution < 1.29 is 14.4 Å². The van der Waals surface area contributed by atoms with Crippen LogP contribution in [0.25, 0.3) is 0 Å². The summed E-state index contributed by atoms with van der Waals surface area (Å²) in [5.41, 5.74) is 6.93. The van der Waals surface area contributed by atoms with E-state index < -0.39 is 18.8 Å². The van der Waals surface area contributed by atoms with Crippen molar-refractivity contribution in [1.29, 1.82) is 10.7 Å². The molecule has 0 aliphatic carbocycles. The molecule has 0 saturated heterocycles. The van der Waals surface area contributed by atoms with Crippen LogP contribution >= 0.6 is 0 Å². The molecular formula is C9H9BFN5O2. The summed E-state index contributed by atoms with van der Waals surface area (Å²) >= 11 is 0. The lowest BCUT2D eigenvalue weighted by Gasteiger charge is -2.08. The van der Waals surface area contributed by atoms with Gasteiger partial charge in [-0.3, -0.25) is 10.8 Å². The van der Waals surface area contributed by atoms with Crippen LogP contribution in [0.5, 0.6) is 0 Å². The van der Waals surface area contributed by atoms with Crippen molar-refractivity contribution in [1.82, 2.24) is 0 Å². The van der Waals surface area contributed by atoms with Gasteiger partial charge in [0.25, 0.3) is 0 Å². The SMILES string of the molecule is N#C/C(=N\Nc1ccc(F)cc1B(O)O)C(=N)N. The van der Waals surface area contributed by atoms with Gasteiger partial charge in [0.2, 0.25) is 5.71 Å². The van der Waals surface area contributed by atoms with Crippen LogP contribution in [0.2, 0.25) is 0 Å². The van der Waals surface area contributed by atoms with Crippen molar-refractivity contribution >= 4 is 29.8 Å². The number of nitrogens with zero attached hydrogens (tertiary/aromatic N) is 2. The molecule has 6 N–H and O–H groups in total. The molecule has 9 heteroatoms. The van der Waals surface area contributed by atoms with Crippen LogP contribution in [-0.4, -0.2) is 28.7 Å². The molecule has 0 heterocycles. The Morgan fingerprint density at radius 2 is 2.22 bits per heavy atom. The molecule has 0 amide bonds. The Balaban J connectivity index is 3.05. The number of halogens is 1. The molecule has 0 atom stereocenters. The molecule has 92 valence electrons. The van der Waals surface area contributed by atoms with Gasteiger partial charge in [-0.1, -0.05) is 0 Å². The molecule has 0 unspecified atom stereocenters. The molecule has 0 bridgehead atoms. The minimum Gasteiger partial charge on any atom is -0.423 e. The third-order valence-electron chi connectivity index (χ3n) is 1.94. The van der Waals surface area contributed by atoms with Gasteiger partial charge in [0.05, 0.1) is 5.69 Å². The Hall–Kier alpha value is -2.44. The van der Waals surface area contributed by atoms with Gasteiger partial charge in [-0.15, -0.1) is 0 Å².